The van der Waals surface area contributed by atoms with E-state index in [4.69, 9.17) is 10.5 Å². The summed E-state index contributed by atoms with van der Waals surface area (Å²) < 4.78 is 6.31. The lowest BCUT2D eigenvalue weighted by Crippen LogP contribution is -2.48. The van der Waals surface area contributed by atoms with E-state index in [9.17, 15) is 4.79 Å². The number of ether oxygens (including phenoxy) is 1. The Morgan fingerprint density at radius 1 is 1.23 bits per heavy atom. The largest absolute Gasteiger partial charge is 0.370 e. The van der Waals surface area contributed by atoms with Gasteiger partial charge in [-0.05, 0) is 30.0 Å². The number of rotatable bonds is 3. The summed E-state index contributed by atoms with van der Waals surface area (Å²) in [6, 6.07) is 12.9. The molecular formula is C20H25ClN2O2S. The van der Waals surface area contributed by atoms with Crippen LogP contribution in [0.4, 0.5) is 0 Å². The highest BCUT2D eigenvalue weighted by atomic mass is 35.5. The molecule has 2 aliphatic rings. The summed E-state index contributed by atoms with van der Waals surface area (Å²) in [5.41, 5.74) is 7.94. The maximum atomic E-state index is 12.1. The minimum absolute atomic E-state index is 0. The van der Waals surface area contributed by atoms with Gasteiger partial charge in [0.25, 0.3) is 0 Å². The number of likely N-dealkylation sites (tertiary alicyclic amines) is 1. The first-order chi connectivity index (χ1) is 12.2. The minimum Gasteiger partial charge on any atom is -0.370 e. The van der Waals surface area contributed by atoms with E-state index in [-0.39, 0.29) is 23.9 Å². The van der Waals surface area contributed by atoms with Crippen molar-refractivity contribution in [2.24, 2.45) is 5.73 Å². The minimum atomic E-state index is -0.212. The van der Waals surface area contributed by atoms with Crippen molar-refractivity contribution < 1.29 is 9.53 Å². The number of hydrogen-bond acceptors (Lipinski definition) is 4. The topological polar surface area (TPSA) is 55.6 Å². The molecular weight excluding hydrogens is 368 g/mol. The number of benzene rings is 1. The summed E-state index contributed by atoms with van der Waals surface area (Å²) in [5, 5.41) is 0. The van der Waals surface area contributed by atoms with Crippen molar-refractivity contribution >= 4 is 29.7 Å². The Hall–Kier alpha value is -1.40. The molecule has 2 aliphatic heterocycles. The van der Waals surface area contributed by atoms with Crippen molar-refractivity contribution in [3.8, 4) is 10.4 Å². The molecule has 26 heavy (non-hydrogen) atoms. The fraction of sp³-hybridized carbons (Fsp3) is 0.450. The number of nitrogens with two attached hydrogens (primary N) is 1. The zero-order chi connectivity index (χ0) is 17.3. The Kier molecular flexibility index (Phi) is 6.03. The first-order valence-electron chi connectivity index (χ1n) is 9.02. The molecule has 0 aliphatic carbocycles. The van der Waals surface area contributed by atoms with Crippen LogP contribution in [0.25, 0.3) is 10.4 Å². The van der Waals surface area contributed by atoms with Crippen molar-refractivity contribution in [3.05, 3.63) is 46.8 Å². The van der Waals surface area contributed by atoms with Gasteiger partial charge in [-0.2, -0.15) is 0 Å². The number of nitrogens with zero attached hydrogens (tertiary/aromatic N) is 1. The van der Waals surface area contributed by atoms with Crippen LogP contribution < -0.4 is 5.73 Å². The Bertz CT molecular complexity index is 754. The molecule has 1 saturated heterocycles. The van der Waals surface area contributed by atoms with E-state index in [0.29, 0.717) is 13.0 Å². The van der Waals surface area contributed by atoms with E-state index < -0.39 is 0 Å². The van der Waals surface area contributed by atoms with Crippen molar-refractivity contribution in [3.63, 3.8) is 0 Å². The Morgan fingerprint density at radius 2 is 1.96 bits per heavy atom. The van der Waals surface area contributed by atoms with Crippen molar-refractivity contribution in [1.82, 2.24) is 4.90 Å². The van der Waals surface area contributed by atoms with Gasteiger partial charge in [-0.3, -0.25) is 4.79 Å². The highest BCUT2D eigenvalue weighted by Gasteiger charge is 2.42. The molecule has 2 N–H and O–H groups in total. The molecule has 1 fully saturated rings. The summed E-state index contributed by atoms with van der Waals surface area (Å²) >= 11 is 1.89. The number of halogens is 1. The monoisotopic (exact) mass is 392 g/mol. The van der Waals surface area contributed by atoms with Gasteiger partial charge < -0.3 is 15.4 Å². The smallest absolute Gasteiger partial charge is 0.223 e. The lowest BCUT2D eigenvalue weighted by molar-refractivity contribution is -0.140. The number of carbonyl (C=O) groups excluding carboxylic acids is 1. The van der Waals surface area contributed by atoms with E-state index in [2.05, 4.69) is 36.4 Å². The quantitative estimate of drug-likeness (QED) is 0.868. The Balaban J connectivity index is 0.00000196. The number of carbonyl (C=O) groups is 1. The number of amides is 1. The van der Waals surface area contributed by atoms with Gasteiger partial charge in [0.05, 0.1) is 12.2 Å². The van der Waals surface area contributed by atoms with Crippen LogP contribution in [-0.4, -0.2) is 37.0 Å². The van der Waals surface area contributed by atoms with Gasteiger partial charge in [0.2, 0.25) is 5.91 Å². The summed E-state index contributed by atoms with van der Waals surface area (Å²) in [6.07, 6.45) is 3.18. The van der Waals surface area contributed by atoms with Gasteiger partial charge in [-0.1, -0.05) is 30.3 Å². The van der Waals surface area contributed by atoms with E-state index in [1.54, 1.807) is 0 Å². The molecule has 0 unspecified atom stereocenters. The van der Waals surface area contributed by atoms with Crippen LogP contribution in [-0.2, 0) is 21.6 Å². The second kappa shape index (κ2) is 8.09. The van der Waals surface area contributed by atoms with E-state index >= 15 is 0 Å². The average Bonchev–Trinajstić information content (AvgIpc) is 3.09. The first-order valence-corrected chi connectivity index (χ1v) is 9.84. The van der Waals surface area contributed by atoms with Gasteiger partial charge >= 0.3 is 0 Å². The second-order valence-electron chi connectivity index (χ2n) is 6.83. The lowest BCUT2D eigenvalue weighted by atomic mass is 9.82. The molecule has 6 heteroatoms. The summed E-state index contributed by atoms with van der Waals surface area (Å²) in [6.45, 7) is 2.72. The number of thiophene rings is 1. The molecule has 0 radical (unpaired) electrons. The van der Waals surface area contributed by atoms with Crippen LogP contribution in [0.2, 0.25) is 0 Å². The van der Waals surface area contributed by atoms with Crippen LogP contribution in [0.5, 0.6) is 0 Å². The molecule has 140 valence electrons. The maximum absolute atomic E-state index is 12.1. The third-order valence-corrected chi connectivity index (χ3v) is 6.59. The van der Waals surface area contributed by atoms with Crippen LogP contribution in [0, 0.1) is 0 Å². The SMILES string of the molecule is Cl.NCCC(=O)N1CCC2(CC1)OCCc1sc(-c3ccccc3)cc12. The number of fused-ring (bicyclic) bond motifs is 2. The molecule has 4 rings (SSSR count). The molecule has 3 heterocycles. The van der Waals surface area contributed by atoms with E-state index in [0.717, 1.165) is 39.0 Å². The standard InChI is InChI=1S/C20H24N2O2S.ClH/c21-10-6-19(23)22-11-8-20(9-12-22)16-14-18(15-4-2-1-3-5-15)25-17(16)7-13-24-20;/h1-5,14H,6-13,21H2;1H. The predicted octanol–water partition coefficient (Wildman–Crippen LogP) is 3.58. The lowest BCUT2D eigenvalue weighted by Gasteiger charge is -2.44. The number of hydrogen-bond donors (Lipinski definition) is 1. The first kappa shape index (κ1) is 19.4. The summed E-state index contributed by atoms with van der Waals surface area (Å²) in [5.74, 6) is 0.170. The molecule has 0 atom stereocenters. The van der Waals surface area contributed by atoms with Crippen molar-refractivity contribution in [2.75, 3.05) is 26.2 Å². The molecule has 1 aromatic heterocycles. The fourth-order valence-corrected chi connectivity index (χ4v) is 5.21. The van der Waals surface area contributed by atoms with Crippen molar-refractivity contribution in [2.45, 2.75) is 31.3 Å². The molecule has 1 aromatic carbocycles. The average molecular weight is 393 g/mol. The van der Waals surface area contributed by atoms with Crippen LogP contribution >= 0.6 is 23.7 Å². The maximum Gasteiger partial charge on any atom is 0.223 e. The molecule has 1 amide bonds. The third-order valence-electron chi connectivity index (χ3n) is 5.35. The molecule has 0 bridgehead atoms. The normalized spacial score (nSPS) is 18.3. The van der Waals surface area contributed by atoms with Crippen molar-refractivity contribution in [1.29, 1.82) is 0 Å². The summed E-state index contributed by atoms with van der Waals surface area (Å²) in [4.78, 5) is 16.8. The van der Waals surface area contributed by atoms with Crippen LogP contribution in [0.15, 0.2) is 36.4 Å². The highest BCUT2D eigenvalue weighted by Crippen LogP contribution is 2.46. The second-order valence-corrected chi connectivity index (χ2v) is 7.96. The van der Waals surface area contributed by atoms with Crippen LogP contribution in [0.3, 0.4) is 0 Å². The molecule has 4 nitrogen and oxygen atoms in total. The molecule has 2 aromatic rings. The van der Waals surface area contributed by atoms with Gasteiger partial charge in [-0.25, -0.2) is 0 Å². The van der Waals surface area contributed by atoms with Crippen LogP contribution in [0.1, 0.15) is 29.7 Å². The van der Waals surface area contributed by atoms with Gasteiger partial charge in [0.1, 0.15) is 0 Å². The van der Waals surface area contributed by atoms with Gasteiger partial charge in [-0.15, -0.1) is 23.7 Å². The van der Waals surface area contributed by atoms with E-state index in [1.807, 2.05) is 16.2 Å². The fourth-order valence-electron chi connectivity index (χ4n) is 3.97. The zero-order valence-corrected chi connectivity index (χ0v) is 16.4. The Labute approximate surface area is 164 Å². The number of piperidine rings is 1. The van der Waals surface area contributed by atoms with Gasteiger partial charge in [0, 0.05) is 42.2 Å². The van der Waals surface area contributed by atoms with Gasteiger partial charge in [0.15, 0.2) is 0 Å². The van der Waals surface area contributed by atoms with E-state index in [1.165, 1.54) is 20.9 Å². The predicted molar refractivity (Wildman–Crippen MR) is 108 cm³/mol. The molecule has 1 spiro atoms. The Morgan fingerprint density at radius 3 is 2.65 bits per heavy atom. The molecule has 0 saturated carbocycles. The summed E-state index contributed by atoms with van der Waals surface area (Å²) in [7, 11) is 0. The highest BCUT2D eigenvalue weighted by molar-refractivity contribution is 7.15. The third kappa shape index (κ3) is 3.54. The zero-order valence-electron chi connectivity index (χ0n) is 14.8.